The minimum Gasteiger partial charge on any atom is -0.340 e. The largest absolute Gasteiger partial charge is 0.417 e. The molecule has 4 nitrogen and oxygen atoms in total. The molecule has 2 aromatic carbocycles. The number of benzene rings is 2. The highest BCUT2D eigenvalue weighted by Crippen LogP contribution is 2.32. The number of carbonyl (C=O) groups excluding carboxylic acids is 2. The second kappa shape index (κ2) is 7.06. The molecule has 2 aromatic rings. The van der Waals surface area contributed by atoms with Gasteiger partial charge in [0.2, 0.25) is 5.91 Å². The maximum absolute atomic E-state index is 13.1. The fourth-order valence-electron chi connectivity index (χ4n) is 3.13. The van der Waals surface area contributed by atoms with Crippen LogP contribution in [-0.4, -0.2) is 24.4 Å². The molecule has 2 amide bonds. The zero-order valence-electron chi connectivity index (χ0n) is 14.9. The molecule has 142 valence electrons. The minimum absolute atomic E-state index is 0.323. The summed E-state index contributed by atoms with van der Waals surface area (Å²) in [5, 5.41) is 2.45. The van der Waals surface area contributed by atoms with E-state index >= 15 is 0 Å². The lowest BCUT2D eigenvalue weighted by molar-refractivity contribution is -0.137. The summed E-state index contributed by atoms with van der Waals surface area (Å²) in [6.45, 7) is 4.30. The average Bonchev–Trinajstić information content (AvgIpc) is 2.97. The third kappa shape index (κ3) is 3.82. The van der Waals surface area contributed by atoms with Gasteiger partial charge in [-0.25, -0.2) is 0 Å². The van der Waals surface area contributed by atoms with E-state index in [0.717, 1.165) is 28.9 Å². The zero-order valence-corrected chi connectivity index (χ0v) is 14.9. The van der Waals surface area contributed by atoms with Gasteiger partial charge in [0, 0.05) is 12.2 Å². The van der Waals surface area contributed by atoms with Crippen LogP contribution in [0.25, 0.3) is 0 Å². The molecule has 0 aromatic heterocycles. The molecule has 1 aliphatic heterocycles. The first-order valence-electron chi connectivity index (χ1n) is 8.54. The molecule has 0 unspecified atom stereocenters. The van der Waals surface area contributed by atoms with Crippen molar-refractivity contribution in [2.45, 2.75) is 32.5 Å². The SMILES string of the molecule is Cc1ccc(N2CC[C@@H](NC(=O)c3ccccc3C(F)(F)F)C2=O)cc1C. The summed E-state index contributed by atoms with van der Waals surface area (Å²) in [4.78, 5) is 26.6. The Kier molecular flexibility index (Phi) is 4.95. The first kappa shape index (κ1) is 18.9. The van der Waals surface area contributed by atoms with Gasteiger partial charge < -0.3 is 10.2 Å². The van der Waals surface area contributed by atoms with E-state index in [-0.39, 0.29) is 5.91 Å². The normalized spacial score (nSPS) is 17.3. The molecule has 1 atom stereocenters. The van der Waals surface area contributed by atoms with Crippen molar-refractivity contribution in [2.24, 2.45) is 0 Å². The van der Waals surface area contributed by atoms with Crippen molar-refractivity contribution in [2.75, 3.05) is 11.4 Å². The van der Waals surface area contributed by atoms with E-state index in [0.29, 0.717) is 13.0 Å². The molecule has 0 saturated carbocycles. The predicted octanol–water partition coefficient (Wildman–Crippen LogP) is 3.86. The highest BCUT2D eigenvalue weighted by atomic mass is 19.4. The molecule has 1 saturated heterocycles. The number of amides is 2. The van der Waals surface area contributed by atoms with Gasteiger partial charge in [0.15, 0.2) is 0 Å². The highest BCUT2D eigenvalue weighted by Gasteiger charge is 2.37. The molecular formula is C20H19F3N2O2. The predicted molar refractivity (Wildman–Crippen MR) is 95.6 cm³/mol. The molecule has 1 fully saturated rings. The van der Waals surface area contributed by atoms with Crippen LogP contribution in [0.2, 0.25) is 0 Å². The number of carbonyl (C=O) groups is 2. The molecule has 0 radical (unpaired) electrons. The lowest BCUT2D eigenvalue weighted by Crippen LogP contribution is -2.42. The van der Waals surface area contributed by atoms with Crippen molar-refractivity contribution in [1.29, 1.82) is 0 Å². The van der Waals surface area contributed by atoms with Crippen LogP contribution < -0.4 is 10.2 Å². The molecule has 3 rings (SSSR count). The molecular weight excluding hydrogens is 357 g/mol. The standard InChI is InChI=1S/C20H19F3N2O2/c1-12-7-8-14(11-13(12)2)25-10-9-17(19(25)27)24-18(26)15-5-3-4-6-16(15)20(21,22)23/h3-8,11,17H,9-10H2,1-2H3,(H,24,26)/t17-/m1/s1. The van der Waals surface area contributed by atoms with Gasteiger partial charge in [-0.1, -0.05) is 18.2 Å². The lowest BCUT2D eigenvalue weighted by Gasteiger charge is -2.19. The Morgan fingerprint density at radius 1 is 1.11 bits per heavy atom. The van der Waals surface area contributed by atoms with Crippen molar-refractivity contribution in [3.63, 3.8) is 0 Å². The van der Waals surface area contributed by atoms with Crippen LogP contribution >= 0.6 is 0 Å². The second-order valence-corrected chi connectivity index (χ2v) is 6.62. The van der Waals surface area contributed by atoms with Gasteiger partial charge in [0.1, 0.15) is 6.04 Å². The van der Waals surface area contributed by atoms with Crippen molar-refractivity contribution < 1.29 is 22.8 Å². The van der Waals surface area contributed by atoms with Crippen LogP contribution in [0.15, 0.2) is 42.5 Å². The number of hydrogen-bond acceptors (Lipinski definition) is 2. The second-order valence-electron chi connectivity index (χ2n) is 6.62. The van der Waals surface area contributed by atoms with Crippen LogP contribution in [0.5, 0.6) is 0 Å². The fraction of sp³-hybridized carbons (Fsp3) is 0.300. The molecule has 0 spiro atoms. The van der Waals surface area contributed by atoms with Gasteiger partial charge in [-0.3, -0.25) is 9.59 Å². The summed E-state index contributed by atoms with van der Waals surface area (Å²) < 4.78 is 39.3. The van der Waals surface area contributed by atoms with E-state index < -0.39 is 29.3 Å². The number of halogens is 3. The quantitative estimate of drug-likeness (QED) is 0.884. The van der Waals surface area contributed by atoms with Gasteiger partial charge in [-0.15, -0.1) is 0 Å². The first-order chi connectivity index (χ1) is 12.7. The minimum atomic E-state index is -4.64. The Morgan fingerprint density at radius 2 is 1.81 bits per heavy atom. The van der Waals surface area contributed by atoms with E-state index in [1.807, 2.05) is 32.0 Å². The van der Waals surface area contributed by atoms with Crippen LogP contribution in [0.4, 0.5) is 18.9 Å². The maximum Gasteiger partial charge on any atom is 0.417 e. The van der Waals surface area contributed by atoms with E-state index in [2.05, 4.69) is 5.32 Å². The van der Waals surface area contributed by atoms with Gasteiger partial charge in [-0.05, 0) is 55.7 Å². The Morgan fingerprint density at radius 3 is 2.48 bits per heavy atom. The summed E-state index contributed by atoms with van der Waals surface area (Å²) in [5.74, 6) is -1.22. The van der Waals surface area contributed by atoms with Crippen LogP contribution in [0, 0.1) is 13.8 Å². The van der Waals surface area contributed by atoms with Crippen molar-refractivity contribution in [3.05, 3.63) is 64.7 Å². The highest BCUT2D eigenvalue weighted by molar-refractivity contribution is 6.04. The molecule has 1 aliphatic rings. The Labute approximate surface area is 155 Å². The molecule has 1 heterocycles. The number of anilines is 1. The van der Waals surface area contributed by atoms with E-state index in [1.54, 1.807) is 4.90 Å². The number of nitrogens with one attached hydrogen (secondary N) is 1. The third-order valence-electron chi connectivity index (χ3n) is 4.79. The topological polar surface area (TPSA) is 49.4 Å². The molecule has 27 heavy (non-hydrogen) atoms. The first-order valence-corrected chi connectivity index (χ1v) is 8.54. The van der Waals surface area contributed by atoms with Crippen molar-refractivity contribution >= 4 is 17.5 Å². The number of nitrogens with zero attached hydrogens (tertiary/aromatic N) is 1. The third-order valence-corrected chi connectivity index (χ3v) is 4.79. The van der Waals surface area contributed by atoms with Gasteiger partial charge in [0.05, 0.1) is 11.1 Å². The summed E-state index contributed by atoms with van der Waals surface area (Å²) >= 11 is 0. The van der Waals surface area contributed by atoms with Crippen molar-refractivity contribution in [1.82, 2.24) is 5.32 Å². The van der Waals surface area contributed by atoms with E-state index in [9.17, 15) is 22.8 Å². The Hall–Kier alpha value is -2.83. The molecule has 0 aliphatic carbocycles. The summed E-state index contributed by atoms with van der Waals surface area (Å²) in [5.41, 5.74) is 1.35. The summed E-state index contributed by atoms with van der Waals surface area (Å²) in [6.07, 6.45) is -4.30. The van der Waals surface area contributed by atoms with Crippen LogP contribution in [0.1, 0.15) is 33.5 Å². The number of alkyl halides is 3. The van der Waals surface area contributed by atoms with Gasteiger partial charge in [-0.2, -0.15) is 13.2 Å². The Bertz CT molecular complexity index is 893. The smallest absolute Gasteiger partial charge is 0.340 e. The van der Waals surface area contributed by atoms with Crippen LogP contribution in [-0.2, 0) is 11.0 Å². The van der Waals surface area contributed by atoms with Gasteiger partial charge >= 0.3 is 6.18 Å². The fourth-order valence-corrected chi connectivity index (χ4v) is 3.13. The number of aryl methyl sites for hydroxylation is 2. The van der Waals surface area contributed by atoms with Gasteiger partial charge in [0.25, 0.3) is 5.91 Å². The lowest BCUT2D eigenvalue weighted by atomic mass is 10.1. The maximum atomic E-state index is 13.1. The summed E-state index contributed by atoms with van der Waals surface area (Å²) in [7, 11) is 0. The van der Waals surface area contributed by atoms with Crippen molar-refractivity contribution in [3.8, 4) is 0 Å². The average molecular weight is 376 g/mol. The molecule has 1 N–H and O–H groups in total. The van der Waals surface area contributed by atoms with Crippen LogP contribution in [0.3, 0.4) is 0 Å². The number of rotatable bonds is 3. The Balaban J connectivity index is 1.77. The summed E-state index contributed by atoms with van der Waals surface area (Å²) in [6, 6.07) is 9.32. The van der Waals surface area contributed by atoms with E-state index in [4.69, 9.17) is 0 Å². The van der Waals surface area contributed by atoms with E-state index in [1.165, 1.54) is 12.1 Å². The molecule has 7 heteroatoms. The number of hydrogen-bond donors (Lipinski definition) is 1. The molecule has 0 bridgehead atoms. The zero-order chi connectivity index (χ0) is 19.8. The monoisotopic (exact) mass is 376 g/mol.